The van der Waals surface area contributed by atoms with Gasteiger partial charge in [0.25, 0.3) is 0 Å². The molecule has 0 atom stereocenters. The first-order chi connectivity index (χ1) is 7.88. The molecule has 0 spiro atoms. The molecule has 0 bridgehead atoms. The lowest BCUT2D eigenvalue weighted by Crippen LogP contribution is -2.36. The molecule has 1 N–H and O–H groups in total. The van der Waals surface area contributed by atoms with Gasteiger partial charge >= 0.3 is 13.1 Å². The van der Waals surface area contributed by atoms with Gasteiger partial charge < -0.3 is 14.4 Å². The molecule has 0 aliphatic carbocycles. The Morgan fingerprint density at radius 3 is 2.41 bits per heavy atom. The molecule has 92 valence electrons. The highest BCUT2D eigenvalue weighted by atomic mass is 16.6. The van der Waals surface area contributed by atoms with Crippen LogP contribution in [0.5, 0.6) is 0 Å². The summed E-state index contributed by atoms with van der Waals surface area (Å²) in [5, 5.41) is 9.64. The highest BCUT2D eigenvalue weighted by Crippen LogP contribution is 2.06. The largest absolute Gasteiger partial charge is 0.491 e. The highest BCUT2D eigenvalue weighted by molar-refractivity contribution is 6.60. The van der Waals surface area contributed by atoms with Crippen molar-refractivity contribution in [3.05, 3.63) is 30.3 Å². The predicted octanol–water partition coefficient (Wildman–Crippen LogP) is 0.732. The Kier molecular flexibility index (Phi) is 4.72. The lowest BCUT2D eigenvalue weighted by Gasteiger charge is -2.19. The van der Waals surface area contributed by atoms with Crippen molar-refractivity contribution in [2.45, 2.75) is 26.4 Å². The average Bonchev–Trinajstić information content (AvgIpc) is 2.25. The molecule has 0 amide bonds. The van der Waals surface area contributed by atoms with Gasteiger partial charge in [-0.05, 0) is 26.2 Å². The van der Waals surface area contributed by atoms with Crippen molar-refractivity contribution in [2.75, 3.05) is 6.61 Å². The van der Waals surface area contributed by atoms with Crippen LogP contribution in [0.2, 0.25) is 0 Å². The van der Waals surface area contributed by atoms with E-state index >= 15 is 0 Å². The first kappa shape index (κ1) is 13.7. The molecule has 0 heterocycles. The van der Waals surface area contributed by atoms with Gasteiger partial charge in [0.2, 0.25) is 0 Å². The molecule has 1 rings (SSSR count). The van der Waals surface area contributed by atoms with Crippen molar-refractivity contribution in [3.8, 4) is 0 Å². The molecular weight excluding hydrogens is 219 g/mol. The summed E-state index contributed by atoms with van der Waals surface area (Å²) in [4.78, 5) is 11.3. The van der Waals surface area contributed by atoms with Crippen molar-refractivity contribution < 1.29 is 19.2 Å². The first-order valence-corrected chi connectivity index (χ1v) is 5.45. The van der Waals surface area contributed by atoms with E-state index in [0.29, 0.717) is 5.46 Å². The topological polar surface area (TPSA) is 55.8 Å². The van der Waals surface area contributed by atoms with Gasteiger partial charge in [-0.2, -0.15) is 0 Å². The standard InChI is InChI=1S/C12H17BO4/c1-12(2,3)17-11(14)9-16-13(15)10-7-5-4-6-8-10/h4-8,15H,9H2,1-3H3. The van der Waals surface area contributed by atoms with Crippen LogP contribution < -0.4 is 5.46 Å². The Morgan fingerprint density at radius 2 is 1.88 bits per heavy atom. The quantitative estimate of drug-likeness (QED) is 0.618. The zero-order valence-electron chi connectivity index (χ0n) is 10.3. The van der Waals surface area contributed by atoms with Crippen molar-refractivity contribution in [1.82, 2.24) is 0 Å². The summed E-state index contributed by atoms with van der Waals surface area (Å²) in [6.45, 7) is 5.06. The van der Waals surface area contributed by atoms with Gasteiger partial charge in [-0.15, -0.1) is 0 Å². The van der Waals surface area contributed by atoms with Gasteiger partial charge in [-0.1, -0.05) is 30.3 Å². The minimum atomic E-state index is -1.11. The maximum absolute atomic E-state index is 11.3. The van der Waals surface area contributed by atoms with Crippen LogP contribution in [0.1, 0.15) is 20.8 Å². The van der Waals surface area contributed by atoms with Crippen LogP contribution in [-0.4, -0.2) is 30.3 Å². The molecule has 0 aliphatic rings. The summed E-state index contributed by atoms with van der Waals surface area (Å²) >= 11 is 0. The lowest BCUT2D eigenvalue weighted by atomic mass is 9.80. The molecule has 1 aromatic carbocycles. The molecular formula is C12H17BO4. The number of benzene rings is 1. The van der Waals surface area contributed by atoms with Gasteiger partial charge in [-0.25, -0.2) is 4.79 Å². The van der Waals surface area contributed by atoms with Crippen LogP contribution in [0.3, 0.4) is 0 Å². The van der Waals surface area contributed by atoms with E-state index in [0.717, 1.165) is 0 Å². The van der Waals surface area contributed by atoms with Crippen molar-refractivity contribution in [2.24, 2.45) is 0 Å². The summed E-state index contributed by atoms with van der Waals surface area (Å²) in [6.07, 6.45) is 0. The second kappa shape index (κ2) is 5.84. The van der Waals surface area contributed by atoms with Gasteiger partial charge in [0, 0.05) is 0 Å². The molecule has 0 saturated carbocycles. The summed E-state index contributed by atoms with van der Waals surface area (Å²) in [6, 6.07) is 8.86. The molecule has 0 fully saturated rings. The fourth-order valence-electron chi connectivity index (χ4n) is 1.23. The van der Waals surface area contributed by atoms with E-state index in [1.165, 1.54) is 0 Å². The molecule has 0 unspecified atom stereocenters. The van der Waals surface area contributed by atoms with E-state index in [4.69, 9.17) is 9.39 Å². The zero-order chi connectivity index (χ0) is 12.9. The molecule has 0 saturated heterocycles. The van der Waals surface area contributed by atoms with Crippen molar-refractivity contribution in [1.29, 1.82) is 0 Å². The number of hydrogen-bond donors (Lipinski definition) is 1. The minimum absolute atomic E-state index is 0.271. The number of ether oxygens (including phenoxy) is 1. The third kappa shape index (κ3) is 5.52. The van der Waals surface area contributed by atoms with Gasteiger partial charge in [0.05, 0.1) is 0 Å². The molecule has 4 nitrogen and oxygen atoms in total. The van der Waals surface area contributed by atoms with E-state index in [9.17, 15) is 9.82 Å². The number of rotatable bonds is 4. The summed E-state index contributed by atoms with van der Waals surface area (Å²) in [5.74, 6) is -0.493. The summed E-state index contributed by atoms with van der Waals surface area (Å²) in [5.41, 5.74) is 0.0640. The van der Waals surface area contributed by atoms with E-state index in [2.05, 4.69) is 0 Å². The molecule has 17 heavy (non-hydrogen) atoms. The van der Waals surface area contributed by atoms with Crippen LogP contribution in [0.4, 0.5) is 0 Å². The van der Waals surface area contributed by atoms with E-state index in [1.807, 2.05) is 6.07 Å². The van der Waals surface area contributed by atoms with Crippen LogP contribution in [0.25, 0.3) is 0 Å². The maximum Gasteiger partial charge on any atom is 0.491 e. The third-order valence-corrected chi connectivity index (χ3v) is 1.86. The summed E-state index contributed by atoms with van der Waals surface area (Å²) in [7, 11) is -1.11. The summed E-state index contributed by atoms with van der Waals surface area (Å²) < 4.78 is 10.1. The number of esters is 1. The molecule has 1 aromatic rings. The maximum atomic E-state index is 11.3. The van der Waals surface area contributed by atoms with Gasteiger partial charge in [-0.3, -0.25) is 0 Å². The Balaban J connectivity index is 2.39. The van der Waals surface area contributed by atoms with Crippen LogP contribution >= 0.6 is 0 Å². The smallest absolute Gasteiger partial charge is 0.458 e. The normalized spacial score (nSPS) is 11.1. The van der Waals surface area contributed by atoms with Crippen LogP contribution in [0, 0.1) is 0 Å². The number of carbonyl (C=O) groups is 1. The zero-order valence-corrected chi connectivity index (χ0v) is 10.3. The fraction of sp³-hybridized carbons (Fsp3) is 0.417. The highest BCUT2D eigenvalue weighted by Gasteiger charge is 2.20. The van der Waals surface area contributed by atoms with Crippen molar-refractivity contribution in [3.63, 3.8) is 0 Å². The predicted molar refractivity (Wildman–Crippen MR) is 65.8 cm³/mol. The Labute approximate surface area is 102 Å². The van der Waals surface area contributed by atoms with Crippen LogP contribution in [0.15, 0.2) is 30.3 Å². The van der Waals surface area contributed by atoms with E-state index < -0.39 is 18.7 Å². The first-order valence-electron chi connectivity index (χ1n) is 5.45. The Bertz CT molecular complexity index is 359. The Hall–Kier alpha value is -1.33. The van der Waals surface area contributed by atoms with Gasteiger partial charge in [0.15, 0.2) is 0 Å². The SMILES string of the molecule is CC(C)(C)OC(=O)COB(O)c1ccccc1. The lowest BCUT2D eigenvalue weighted by molar-refractivity contribution is -0.157. The van der Waals surface area contributed by atoms with E-state index in [-0.39, 0.29) is 6.61 Å². The minimum Gasteiger partial charge on any atom is -0.458 e. The second-order valence-electron chi connectivity index (χ2n) is 4.66. The molecule has 0 radical (unpaired) electrons. The second-order valence-corrected chi connectivity index (χ2v) is 4.66. The van der Waals surface area contributed by atoms with E-state index in [1.54, 1.807) is 45.0 Å². The van der Waals surface area contributed by atoms with Crippen molar-refractivity contribution >= 4 is 18.6 Å². The fourth-order valence-corrected chi connectivity index (χ4v) is 1.23. The molecule has 0 aliphatic heterocycles. The third-order valence-electron chi connectivity index (χ3n) is 1.86. The molecule has 0 aromatic heterocycles. The average molecular weight is 236 g/mol. The molecule has 5 heteroatoms. The number of hydrogen-bond acceptors (Lipinski definition) is 4. The van der Waals surface area contributed by atoms with Crippen LogP contribution in [-0.2, 0) is 14.2 Å². The Morgan fingerprint density at radius 1 is 1.29 bits per heavy atom. The van der Waals surface area contributed by atoms with Gasteiger partial charge in [0.1, 0.15) is 12.2 Å². The monoisotopic (exact) mass is 236 g/mol. The number of carbonyl (C=O) groups excluding carboxylic acids is 1.